The number of likely N-dealkylation sites (tertiary alicyclic amines) is 1. The molecule has 0 aromatic carbocycles. The molecule has 2 nitrogen and oxygen atoms in total. The van der Waals surface area contributed by atoms with Gasteiger partial charge in [-0.3, -0.25) is 4.90 Å². The van der Waals surface area contributed by atoms with E-state index < -0.39 is 12.0 Å². The zero-order valence-electron chi connectivity index (χ0n) is 8.88. The number of aliphatic hydroxyl groups is 1. The molecule has 0 aromatic heterocycles. The normalized spacial score (nSPS) is 21.1. The summed E-state index contributed by atoms with van der Waals surface area (Å²) in [4.78, 5) is 2.04. The van der Waals surface area contributed by atoms with Crippen molar-refractivity contribution in [2.75, 3.05) is 19.6 Å². The fourth-order valence-corrected chi connectivity index (χ4v) is 1.70. The Balaban J connectivity index is 0.00000196. The van der Waals surface area contributed by atoms with Crippen molar-refractivity contribution in [1.82, 2.24) is 4.90 Å². The van der Waals surface area contributed by atoms with Crippen molar-refractivity contribution in [3.8, 4) is 0 Å². The van der Waals surface area contributed by atoms with E-state index in [2.05, 4.69) is 6.58 Å². The van der Waals surface area contributed by atoms with E-state index in [-0.39, 0.29) is 36.8 Å². The van der Waals surface area contributed by atoms with Crippen molar-refractivity contribution in [3.05, 3.63) is 12.2 Å². The van der Waals surface area contributed by atoms with Gasteiger partial charge in [0.2, 0.25) is 0 Å². The smallest absolute Gasteiger partial charge is 0.266 e. The molecule has 1 heterocycles. The minimum atomic E-state index is -2.63. The Kier molecular flexibility index (Phi) is 6.20. The zero-order chi connectivity index (χ0) is 10.8. The molecule has 1 rings (SSSR count). The van der Waals surface area contributed by atoms with Gasteiger partial charge in [-0.15, -0.1) is 24.0 Å². The van der Waals surface area contributed by atoms with E-state index in [0.29, 0.717) is 13.1 Å². The van der Waals surface area contributed by atoms with E-state index in [1.807, 2.05) is 11.8 Å². The number of hydrogen-bond acceptors (Lipinski definition) is 2. The van der Waals surface area contributed by atoms with Crippen LogP contribution < -0.4 is 0 Å². The van der Waals surface area contributed by atoms with Crippen molar-refractivity contribution in [3.63, 3.8) is 0 Å². The van der Waals surface area contributed by atoms with Crippen LogP contribution in [0.5, 0.6) is 0 Å². The molecule has 1 fully saturated rings. The standard InChI is InChI=1S/C10H17F2NO.HI/c1-8(2)7-13-5-3-10(14,4-6-13)9(11)12;/h9,14H,1,3-7H2,2H3;1H. The molecular formula is C10H18F2INO. The molecule has 1 saturated heterocycles. The molecule has 0 unspecified atom stereocenters. The number of rotatable bonds is 3. The van der Waals surface area contributed by atoms with Crippen LogP contribution >= 0.6 is 24.0 Å². The van der Waals surface area contributed by atoms with Crippen LogP contribution in [0.2, 0.25) is 0 Å². The number of alkyl halides is 2. The Bertz CT molecular complexity index is 215. The van der Waals surface area contributed by atoms with Gasteiger partial charge in [0.05, 0.1) is 0 Å². The number of hydrogen-bond donors (Lipinski definition) is 1. The minimum absolute atomic E-state index is 0. The molecule has 1 N–H and O–H groups in total. The first-order valence-electron chi connectivity index (χ1n) is 4.81. The quantitative estimate of drug-likeness (QED) is 0.633. The van der Waals surface area contributed by atoms with Crippen LogP contribution in [0.4, 0.5) is 8.78 Å². The lowest BCUT2D eigenvalue weighted by molar-refractivity contribution is -0.125. The summed E-state index contributed by atoms with van der Waals surface area (Å²) in [7, 11) is 0. The van der Waals surface area contributed by atoms with Gasteiger partial charge in [0, 0.05) is 19.6 Å². The predicted octanol–water partition coefficient (Wildman–Crippen LogP) is 2.27. The lowest BCUT2D eigenvalue weighted by Crippen LogP contribution is -2.48. The Morgan fingerprint density at radius 1 is 1.47 bits per heavy atom. The van der Waals surface area contributed by atoms with Crippen molar-refractivity contribution >= 4 is 24.0 Å². The van der Waals surface area contributed by atoms with Gasteiger partial charge in [-0.05, 0) is 19.8 Å². The number of nitrogens with zero attached hydrogens (tertiary/aromatic N) is 1. The van der Waals surface area contributed by atoms with Crippen LogP contribution in [0.15, 0.2) is 12.2 Å². The second kappa shape index (κ2) is 6.10. The predicted molar refractivity (Wildman–Crippen MR) is 66.9 cm³/mol. The third-order valence-electron chi connectivity index (χ3n) is 2.62. The molecule has 90 valence electrons. The third kappa shape index (κ3) is 4.32. The van der Waals surface area contributed by atoms with E-state index in [0.717, 1.165) is 12.1 Å². The van der Waals surface area contributed by atoms with E-state index in [9.17, 15) is 13.9 Å². The van der Waals surface area contributed by atoms with E-state index in [4.69, 9.17) is 0 Å². The summed E-state index contributed by atoms with van der Waals surface area (Å²) in [5.41, 5.74) is -0.738. The maximum Gasteiger partial charge on any atom is 0.266 e. The summed E-state index contributed by atoms with van der Waals surface area (Å²) in [5, 5.41) is 9.50. The first-order valence-corrected chi connectivity index (χ1v) is 4.81. The molecule has 0 amide bonds. The molecule has 0 spiro atoms. The van der Waals surface area contributed by atoms with Crippen LogP contribution in [0.3, 0.4) is 0 Å². The van der Waals surface area contributed by atoms with Gasteiger partial charge in [0.1, 0.15) is 5.60 Å². The first-order chi connectivity index (χ1) is 6.44. The van der Waals surface area contributed by atoms with Crippen LogP contribution in [0, 0.1) is 0 Å². The Morgan fingerprint density at radius 2 is 1.93 bits per heavy atom. The molecule has 0 saturated carbocycles. The lowest BCUT2D eigenvalue weighted by Gasteiger charge is -2.37. The second-order valence-corrected chi connectivity index (χ2v) is 4.14. The van der Waals surface area contributed by atoms with Crippen molar-refractivity contribution in [2.45, 2.75) is 31.8 Å². The summed E-state index contributed by atoms with van der Waals surface area (Å²) in [6.45, 7) is 7.46. The molecule has 0 atom stereocenters. The largest absolute Gasteiger partial charge is 0.384 e. The Labute approximate surface area is 106 Å². The van der Waals surface area contributed by atoms with Crippen molar-refractivity contribution in [1.29, 1.82) is 0 Å². The molecular weight excluding hydrogens is 315 g/mol. The topological polar surface area (TPSA) is 23.5 Å². The van der Waals surface area contributed by atoms with Gasteiger partial charge >= 0.3 is 0 Å². The fraction of sp³-hybridized carbons (Fsp3) is 0.800. The number of halogens is 3. The fourth-order valence-electron chi connectivity index (χ4n) is 1.70. The highest BCUT2D eigenvalue weighted by Gasteiger charge is 2.40. The van der Waals surface area contributed by atoms with Crippen molar-refractivity contribution < 1.29 is 13.9 Å². The molecule has 0 bridgehead atoms. The summed E-state index contributed by atoms with van der Waals surface area (Å²) in [5.74, 6) is 0. The average Bonchev–Trinajstić information content (AvgIpc) is 2.08. The molecule has 0 radical (unpaired) electrons. The molecule has 5 heteroatoms. The van der Waals surface area contributed by atoms with Crippen LogP contribution in [-0.2, 0) is 0 Å². The van der Waals surface area contributed by atoms with Gasteiger partial charge < -0.3 is 5.11 Å². The SMILES string of the molecule is C=C(C)CN1CCC(O)(C(F)F)CC1.I. The zero-order valence-corrected chi connectivity index (χ0v) is 11.2. The maximum atomic E-state index is 12.4. The van der Waals surface area contributed by atoms with Gasteiger partial charge in [-0.2, -0.15) is 0 Å². The van der Waals surface area contributed by atoms with E-state index in [1.165, 1.54) is 0 Å². The lowest BCUT2D eigenvalue weighted by atomic mass is 9.92. The maximum absolute atomic E-state index is 12.4. The third-order valence-corrected chi connectivity index (χ3v) is 2.62. The Morgan fingerprint density at radius 3 is 2.27 bits per heavy atom. The molecule has 0 aromatic rings. The van der Waals surface area contributed by atoms with E-state index in [1.54, 1.807) is 0 Å². The molecule has 15 heavy (non-hydrogen) atoms. The van der Waals surface area contributed by atoms with E-state index >= 15 is 0 Å². The average molecular weight is 333 g/mol. The molecule has 1 aliphatic rings. The monoisotopic (exact) mass is 333 g/mol. The summed E-state index contributed by atoms with van der Waals surface area (Å²) < 4.78 is 24.8. The van der Waals surface area contributed by atoms with Crippen molar-refractivity contribution in [2.24, 2.45) is 0 Å². The first kappa shape index (κ1) is 15.2. The summed E-state index contributed by atoms with van der Waals surface area (Å²) in [6, 6.07) is 0. The highest BCUT2D eigenvalue weighted by atomic mass is 127. The van der Waals surface area contributed by atoms with Gasteiger partial charge in [-0.25, -0.2) is 8.78 Å². The second-order valence-electron chi connectivity index (χ2n) is 4.14. The van der Waals surface area contributed by atoms with Crippen LogP contribution in [0.1, 0.15) is 19.8 Å². The van der Waals surface area contributed by atoms with Crippen LogP contribution in [0.25, 0.3) is 0 Å². The van der Waals surface area contributed by atoms with Gasteiger partial charge in [-0.1, -0.05) is 12.2 Å². The summed E-state index contributed by atoms with van der Waals surface area (Å²) in [6.07, 6.45) is -2.33. The summed E-state index contributed by atoms with van der Waals surface area (Å²) >= 11 is 0. The van der Waals surface area contributed by atoms with Gasteiger partial charge in [0.15, 0.2) is 0 Å². The highest BCUT2D eigenvalue weighted by molar-refractivity contribution is 14.0. The minimum Gasteiger partial charge on any atom is -0.384 e. The molecule has 1 aliphatic heterocycles. The van der Waals surface area contributed by atoms with Crippen LogP contribution in [-0.4, -0.2) is 41.7 Å². The molecule has 0 aliphatic carbocycles. The number of piperidine rings is 1. The van der Waals surface area contributed by atoms with Gasteiger partial charge in [0.25, 0.3) is 6.43 Å². The Hall–Kier alpha value is 0.250. The highest BCUT2D eigenvalue weighted by Crippen LogP contribution is 2.28.